The van der Waals surface area contributed by atoms with E-state index in [0.29, 0.717) is 0 Å². The normalized spacial score (nSPS) is 12.8. The zero-order chi connectivity index (χ0) is 12.5. The maximum atomic E-state index is 5.88. The Bertz CT molecular complexity index is 676. The third kappa shape index (κ3) is 1.70. The predicted molar refractivity (Wildman–Crippen MR) is 71.3 cm³/mol. The van der Waals surface area contributed by atoms with Crippen LogP contribution >= 0.6 is 0 Å². The summed E-state index contributed by atoms with van der Waals surface area (Å²) in [5, 5.41) is 4.38. The van der Waals surface area contributed by atoms with Gasteiger partial charge in [-0.3, -0.25) is 0 Å². The molecular formula is C14H13BN3. The van der Waals surface area contributed by atoms with Gasteiger partial charge in [0.1, 0.15) is 11.6 Å². The van der Waals surface area contributed by atoms with E-state index >= 15 is 0 Å². The standard InChI is InChI=1S/C14H13BN3/c1-11(12-7-3-2-4-8-12)17-13-9-5-6-10-14(13)18(15)16-17/h2-11H,1H3. The smallest absolute Gasteiger partial charge is 0.193 e. The van der Waals surface area contributed by atoms with Crippen molar-refractivity contribution in [3.63, 3.8) is 0 Å². The van der Waals surface area contributed by atoms with Crippen molar-refractivity contribution in [3.05, 3.63) is 60.2 Å². The SMILES string of the molecule is [B-][n+]1nn(C(C)c2ccccc2)c2ccccc21. The first-order chi connectivity index (χ1) is 8.77. The van der Waals surface area contributed by atoms with Gasteiger partial charge in [0.25, 0.3) is 0 Å². The molecule has 3 radical (unpaired) electrons. The fraction of sp³-hybridized carbons (Fsp3) is 0.143. The van der Waals surface area contributed by atoms with Crippen LogP contribution in [0.5, 0.6) is 0 Å². The minimum atomic E-state index is 0.154. The zero-order valence-corrected chi connectivity index (χ0v) is 10.2. The van der Waals surface area contributed by atoms with Crippen LogP contribution in [-0.4, -0.2) is 17.9 Å². The summed E-state index contributed by atoms with van der Waals surface area (Å²) >= 11 is 0. The Morgan fingerprint density at radius 2 is 1.72 bits per heavy atom. The molecule has 0 aliphatic rings. The summed E-state index contributed by atoms with van der Waals surface area (Å²) in [6, 6.07) is 18.4. The van der Waals surface area contributed by atoms with Crippen LogP contribution in [0.4, 0.5) is 0 Å². The first kappa shape index (κ1) is 11.0. The second-order valence-corrected chi connectivity index (χ2v) is 4.35. The molecule has 0 aliphatic carbocycles. The van der Waals surface area contributed by atoms with Crippen LogP contribution in [0.1, 0.15) is 18.5 Å². The Kier molecular flexibility index (Phi) is 2.63. The van der Waals surface area contributed by atoms with Gasteiger partial charge >= 0.3 is 0 Å². The highest BCUT2D eigenvalue weighted by Crippen LogP contribution is 2.20. The number of aromatic nitrogens is 3. The van der Waals surface area contributed by atoms with E-state index in [9.17, 15) is 0 Å². The monoisotopic (exact) mass is 234 g/mol. The highest BCUT2D eigenvalue weighted by atomic mass is 15.5. The summed E-state index contributed by atoms with van der Waals surface area (Å²) in [5.41, 5.74) is 3.18. The molecule has 1 unspecified atom stereocenters. The average Bonchev–Trinajstić information content (AvgIpc) is 2.77. The predicted octanol–water partition coefficient (Wildman–Crippen LogP) is 1.86. The van der Waals surface area contributed by atoms with Crippen LogP contribution in [0, 0.1) is 0 Å². The molecule has 0 N–H and O–H groups in total. The van der Waals surface area contributed by atoms with Gasteiger partial charge in [-0.05, 0) is 24.6 Å². The lowest BCUT2D eigenvalue weighted by Crippen LogP contribution is -2.35. The summed E-state index contributed by atoms with van der Waals surface area (Å²) in [4.78, 5) is 0. The Hall–Kier alpha value is -2.10. The zero-order valence-electron chi connectivity index (χ0n) is 10.2. The molecule has 3 nitrogen and oxygen atoms in total. The molecule has 0 amide bonds. The van der Waals surface area contributed by atoms with Crippen molar-refractivity contribution < 1.29 is 4.59 Å². The van der Waals surface area contributed by atoms with Gasteiger partial charge in [-0.2, -0.15) is 0 Å². The van der Waals surface area contributed by atoms with Gasteiger partial charge in [0.2, 0.25) is 0 Å². The van der Waals surface area contributed by atoms with Crippen LogP contribution in [0.2, 0.25) is 0 Å². The number of hydrogen-bond acceptors (Lipinski definition) is 1. The molecule has 18 heavy (non-hydrogen) atoms. The highest BCUT2D eigenvalue weighted by molar-refractivity contribution is 5.97. The second kappa shape index (κ2) is 4.29. The first-order valence-corrected chi connectivity index (χ1v) is 5.97. The maximum Gasteiger partial charge on any atom is 0.193 e. The van der Waals surface area contributed by atoms with E-state index in [1.807, 2.05) is 47.1 Å². The van der Waals surface area contributed by atoms with E-state index in [0.717, 1.165) is 11.0 Å². The molecule has 0 saturated heterocycles. The van der Waals surface area contributed by atoms with Crippen molar-refractivity contribution in [1.29, 1.82) is 0 Å². The van der Waals surface area contributed by atoms with Crippen molar-refractivity contribution in [1.82, 2.24) is 9.90 Å². The van der Waals surface area contributed by atoms with Gasteiger partial charge in [0.05, 0.1) is 0 Å². The third-order valence-corrected chi connectivity index (χ3v) is 3.22. The van der Waals surface area contributed by atoms with Gasteiger partial charge in [-0.15, -0.1) is 4.68 Å². The first-order valence-electron chi connectivity index (χ1n) is 5.97. The van der Waals surface area contributed by atoms with Gasteiger partial charge < -0.3 is 4.59 Å². The highest BCUT2D eigenvalue weighted by Gasteiger charge is 2.18. The molecule has 0 spiro atoms. The Morgan fingerprint density at radius 1 is 1.06 bits per heavy atom. The van der Waals surface area contributed by atoms with Gasteiger partial charge in [-0.1, -0.05) is 42.5 Å². The Labute approximate surface area is 107 Å². The minimum Gasteiger partial charge on any atom is -0.432 e. The van der Waals surface area contributed by atoms with Crippen LogP contribution in [0.15, 0.2) is 54.6 Å². The number of rotatable bonds is 2. The van der Waals surface area contributed by atoms with Gasteiger partial charge in [0.15, 0.2) is 5.52 Å². The van der Waals surface area contributed by atoms with Crippen molar-refractivity contribution >= 4 is 19.0 Å². The Balaban J connectivity index is 2.15. The molecule has 3 aromatic rings. The van der Waals surface area contributed by atoms with Crippen LogP contribution in [0.25, 0.3) is 11.0 Å². The number of para-hydroxylation sites is 2. The summed E-state index contributed by atoms with van der Waals surface area (Å²) in [6.07, 6.45) is 0. The molecule has 0 fully saturated rings. The van der Waals surface area contributed by atoms with E-state index < -0.39 is 0 Å². The lowest BCUT2D eigenvalue weighted by atomic mass is 10.1. The summed E-state index contributed by atoms with van der Waals surface area (Å²) < 4.78 is 3.37. The number of hydrogen-bond donors (Lipinski definition) is 0. The summed E-state index contributed by atoms with van der Waals surface area (Å²) in [7, 11) is 5.88. The molecular weight excluding hydrogens is 221 g/mol. The van der Waals surface area contributed by atoms with Gasteiger partial charge in [-0.25, -0.2) is 7.98 Å². The molecule has 87 valence electrons. The molecule has 1 aromatic heterocycles. The molecule has 0 bridgehead atoms. The van der Waals surface area contributed by atoms with E-state index in [2.05, 4.69) is 24.3 Å². The van der Waals surface area contributed by atoms with Crippen molar-refractivity contribution in [2.24, 2.45) is 0 Å². The van der Waals surface area contributed by atoms with Crippen LogP contribution < -0.4 is 4.59 Å². The van der Waals surface area contributed by atoms with Crippen LogP contribution in [-0.2, 0) is 0 Å². The van der Waals surface area contributed by atoms with E-state index in [4.69, 9.17) is 7.98 Å². The largest absolute Gasteiger partial charge is 0.432 e. The van der Waals surface area contributed by atoms with E-state index in [-0.39, 0.29) is 6.04 Å². The number of benzene rings is 2. The molecule has 0 saturated carbocycles. The van der Waals surface area contributed by atoms with Crippen molar-refractivity contribution in [2.45, 2.75) is 13.0 Å². The number of nitrogens with zero attached hydrogens (tertiary/aromatic N) is 3. The average molecular weight is 234 g/mol. The molecule has 3 rings (SSSR count). The quantitative estimate of drug-likeness (QED) is 0.620. The van der Waals surface area contributed by atoms with Crippen molar-refractivity contribution in [3.8, 4) is 0 Å². The molecule has 2 aromatic carbocycles. The fourth-order valence-electron chi connectivity index (χ4n) is 2.21. The summed E-state index contributed by atoms with van der Waals surface area (Å²) in [6.45, 7) is 2.12. The van der Waals surface area contributed by atoms with E-state index in [1.165, 1.54) is 10.2 Å². The molecule has 1 heterocycles. The Morgan fingerprint density at radius 3 is 2.50 bits per heavy atom. The molecule has 0 aliphatic heterocycles. The lowest BCUT2D eigenvalue weighted by molar-refractivity contribution is -0.567. The number of fused-ring (bicyclic) bond motifs is 1. The second-order valence-electron chi connectivity index (χ2n) is 4.35. The van der Waals surface area contributed by atoms with Gasteiger partial charge in [0, 0.05) is 5.21 Å². The lowest BCUT2D eigenvalue weighted by Gasteiger charge is -2.07. The topological polar surface area (TPSA) is 21.7 Å². The molecule has 1 atom stereocenters. The summed E-state index contributed by atoms with van der Waals surface area (Å²) in [5.74, 6) is 0. The minimum absolute atomic E-state index is 0.154. The third-order valence-electron chi connectivity index (χ3n) is 3.22. The maximum absolute atomic E-state index is 5.88. The fourth-order valence-corrected chi connectivity index (χ4v) is 2.21. The molecule has 4 heteroatoms. The van der Waals surface area contributed by atoms with Crippen molar-refractivity contribution in [2.75, 3.05) is 0 Å². The van der Waals surface area contributed by atoms with E-state index in [1.54, 1.807) is 0 Å². The van der Waals surface area contributed by atoms with Crippen LogP contribution in [0.3, 0.4) is 0 Å².